The number of nitrogens with zero attached hydrogens (tertiary/aromatic N) is 1. The maximum atomic E-state index is 12.7. The Morgan fingerprint density at radius 1 is 0.909 bits per heavy atom. The zero-order valence-corrected chi connectivity index (χ0v) is 12.8. The van der Waals surface area contributed by atoms with Crippen LogP contribution in [0.2, 0.25) is 0 Å². The maximum absolute atomic E-state index is 12.7. The van der Waals surface area contributed by atoms with Gasteiger partial charge in [-0.15, -0.1) is 0 Å². The molecule has 0 aliphatic carbocycles. The SMILES string of the molecule is CN(C)CCCc1ccc(-c2cccc(C(F)(F)F)c2)cc1. The monoisotopic (exact) mass is 307 g/mol. The van der Waals surface area contributed by atoms with Gasteiger partial charge in [0.05, 0.1) is 5.56 Å². The Morgan fingerprint density at radius 3 is 2.18 bits per heavy atom. The van der Waals surface area contributed by atoms with Crippen molar-refractivity contribution in [3.8, 4) is 11.1 Å². The van der Waals surface area contributed by atoms with E-state index in [1.165, 1.54) is 17.7 Å². The Hall–Kier alpha value is -1.81. The van der Waals surface area contributed by atoms with Crippen LogP contribution in [0.4, 0.5) is 13.2 Å². The molecule has 4 heteroatoms. The fraction of sp³-hybridized carbons (Fsp3) is 0.333. The molecule has 0 aliphatic rings. The fourth-order valence-corrected chi connectivity index (χ4v) is 2.34. The number of hydrogen-bond acceptors (Lipinski definition) is 1. The zero-order valence-electron chi connectivity index (χ0n) is 12.8. The van der Waals surface area contributed by atoms with E-state index in [9.17, 15) is 13.2 Å². The van der Waals surface area contributed by atoms with Crippen LogP contribution in [0.5, 0.6) is 0 Å². The molecule has 0 atom stereocenters. The minimum Gasteiger partial charge on any atom is -0.309 e. The molecule has 0 radical (unpaired) electrons. The molecule has 0 aliphatic heterocycles. The molecule has 2 aromatic carbocycles. The van der Waals surface area contributed by atoms with E-state index in [4.69, 9.17) is 0 Å². The molecule has 0 saturated heterocycles. The Morgan fingerprint density at radius 2 is 1.59 bits per heavy atom. The summed E-state index contributed by atoms with van der Waals surface area (Å²) in [6.45, 7) is 1.02. The highest BCUT2D eigenvalue weighted by Gasteiger charge is 2.30. The first-order valence-corrected chi connectivity index (χ1v) is 7.27. The van der Waals surface area contributed by atoms with Crippen molar-refractivity contribution in [3.63, 3.8) is 0 Å². The van der Waals surface area contributed by atoms with Gasteiger partial charge in [-0.1, -0.05) is 36.4 Å². The van der Waals surface area contributed by atoms with Crippen molar-refractivity contribution < 1.29 is 13.2 Å². The van der Waals surface area contributed by atoms with Crippen LogP contribution in [0, 0.1) is 0 Å². The van der Waals surface area contributed by atoms with Crippen LogP contribution in [-0.4, -0.2) is 25.5 Å². The van der Waals surface area contributed by atoms with E-state index in [-0.39, 0.29) is 0 Å². The number of halogens is 3. The molecule has 0 spiro atoms. The van der Waals surface area contributed by atoms with Gasteiger partial charge in [-0.3, -0.25) is 0 Å². The first-order chi connectivity index (χ1) is 10.4. The first kappa shape index (κ1) is 16.6. The summed E-state index contributed by atoms with van der Waals surface area (Å²) in [4.78, 5) is 2.14. The van der Waals surface area contributed by atoms with Gasteiger partial charge in [-0.25, -0.2) is 0 Å². The lowest BCUT2D eigenvalue weighted by atomic mass is 10.0. The predicted molar refractivity (Wildman–Crippen MR) is 83.8 cm³/mol. The van der Waals surface area contributed by atoms with Gasteiger partial charge in [0.2, 0.25) is 0 Å². The molecule has 0 N–H and O–H groups in total. The third kappa shape index (κ3) is 4.60. The Balaban J connectivity index is 2.10. The van der Waals surface area contributed by atoms with Crippen LogP contribution in [0.1, 0.15) is 17.5 Å². The van der Waals surface area contributed by atoms with Gasteiger partial charge in [0, 0.05) is 0 Å². The number of aryl methyl sites for hydroxylation is 1. The number of hydrogen-bond donors (Lipinski definition) is 0. The van der Waals surface area contributed by atoms with Crippen LogP contribution < -0.4 is 0 Å². The second kappa shape index (κ2) is 6.97. The summed E-state index contributed by atoms with van der Waals surface area (Å²) in [6.07, 6.45) is -2.26. The van der Waals surface area contributed by atoms with Crippen molar-refractivity contribution in [2.45, 2.75) is 19.0 Å². The van der Waals surface area contributed by atoms with Gasteiger partial charge >= 0.3 is 6.18 Å². The zero-order chi connectivity index (χ0) is 16.2. The topological polar surface area (TPSA) is 3.24 Å². The Kier molecular flexibility index (Phi) is 5.24. The minimum atomic E-state index is -4.30. The average Bonchev–Trinajstić information content (AvgIpc) is 2.47. The van der Waals surface area contributed by atoms with Crippen LogP contribution in [0.25, 0.3) is 11.1 Å². The molecule has 1 nitrogen and oxygen atoms in total. The molecule has 2 rings (SSSR count). The van der Waals surface area contributed by atoms with Crippen molar-refractivity contribution in [1.82, 2.24) is 4.90 Å². The lowest BCUT2D eigenvalue weighted by molar-refractivity contribution is -0.137. The summed E-state index contributed by atoms with van der Waals surface area (Å²) in [5.41, 5.74) is 2.00. The maximum Gasteiger partial charge on any atom is 0.416 e. The van der Waals surface area contributed by atoms with Gasteiger partial charge in [-0.05, 0) is 62.3 Å². The second-order valence-corrected chi connectivity index (χ2v) is 5.68. The number of benzene rings is 2. The van der Waals surface area contributed by atoms with Crippen molar-refractivity contribution >= 4 is 0 Å². The van der Waals surface area contributed by atoms with Crippen molar-refractivity contribution in [3.05, 3.63) is 59.7 Å². The van der Waals surface area contributed by atoms with Gasteiger partial charge < -0.3 is 4.90 Å². The van der Waals surface area contributed by atoms with Crippen LogP contribution in [0.15, 0.2) is 48.5 Å². The third-order valence-electron chi connectivity index (χ3n) is 3.55. The second-order valence-electron chi connectivity index (χ2n) is 5.68. The molecule has 0 heterocycles. The lowest BCUT2D eigenvalue weighted by Crippen LogP contribution is -2.13. The Labute approximate surface area is 129 Å². The van der Waals surface area contributed by atoms with E-state index in [2.05, 4.69) is 4.90 Å². The normalized spacial score (nSPS) is 11.9. The minimum absolute atomic E-state index is 0.592. The van der Waals surface area contributed by atoms with Gasteiger partial charge in [0.1, 0.15) is 0 Å². The molecule has 2 aromatic rings. The summed E-state index contributed by atoms with van der Waals surface area (Å²) in [7, 11) is 4.08. The predicted octanol–water partition coefficient (Wildman–Crippen LogP) is 4.87. The number of rotatable bonds is 5. The highest BCUT2D eigenvalue weighted by Crippen LogP contribution is 2.32. The summed E-state index contributed by atoms with van der Waals surface area (Å²) in [5, 5.41) is 0. The summed E-state index contributed by atoms with van der Waals surface area (Å²) < 4.78 is 38.2. The lowest BCUT2D eigenvalue weighted by Gasteiger charge is -2.10. The standard InChI is InChI=1S/C18H20F3N/c1-22(2)12-4-5-14-8-10-15(11-9-14)16-6-3-7-17(13-16)18(19,20)21/h3,6-11,13H,4-5,12H2,1-2H3. The van der Waals surface area contributed by atoms with E-state index < -0.39 is 11.7 Å². The van der Waals surface area contributed by atoms with Gasteiger partial charge in [0.15, 0.2) is 0 Å². The first-order valence-electron chi connectivity index (χ1n) is 7.27. The van der Waals surface area contributed by atoms with Crippen molar-refractivity contribution in [1.29, 1.82) is 0 Å². The molecule has 0 amide bonds. The molecular weight excluding hydrogens is 287 g/mol. The molecule has 22 heavy (non-hydrogen) atoms. The average molecular weight is 307 g/mol. The molecule has 0 bridgehead atoms. The highest BCUT2D eigenvalue weighted by atomic mass is 19.4. The van der Waals surface area contributed by atoms with Crippen LogP contribution in [0.3, 0.4) is 0 Å². The largest absolute Gasteiger partial charge is 0.416 e. The quantitative estimate of drug-likeness (QED) is 0.762. The number of alkyl halides is 3. The molecule has 0 aromatic heterocycles. The van der Waals surface area contributed by atoms with Gasteiger partial charge in [0.25, 0.3) is 0 Å². The Bertz CT molecular complexity index is 600. The van der Waals surface area contributed by atoms with E-state index >= 15 is 0 Å². The third-order valence-corrected chi connectivity index (χ3v) is 3.55. The van der Waals surface area contributed by atoms with E-state index in [0.717, 1.165) is 31.0 Å². The van der Waals surface area contributed by atoms with Crippen LogP contribution >= 0.6 is 0 Å². The van der Waals surface area contributed by atoms with Crippen LogP contribution in [-0.2, 0) is 12.6 Å². The van der Waals surface area contributed by atoms with Gasteiger partial charge in [-0.2, -0.15) is 13.2 Å². The van der Waals surface area contributed by atoms with E-state index in [0.29, 0.717) is 5.56 Å². The summed E-state index contributed by atoms with van der Waals surface area (Å²) >= 11 is 0. The molecule has 0 unspecified atom stereocenters. The van der Waals surface area contributed by atoms with Crippen molar-refractivity contribution in [2.24, 2.45) is 0 Å². The molecule has 0 saturated carbocycles. The summed E-state index contributed by atoms with van der Waals surface area (Å²) in [5.74, 6) is 0. The van der Waals surface area contributed by atoms with Crippen molar-refractivity contribution in [2.75, 3.05) is 20.6 Å². The molecule has 118 valence electrons. The molecular formula is C18H20F3N. The smallest absolute Gasteiger partial charge is 0.309 e. The molecule has 0 fully saturated rings. The fourth-order valence-electron chi connectivity index (χ4n) is 2.34. The highest BCUT2D eigenvalue weighted by molar-refractivity contribution is 5.64. The van der Waals surface area contributed by atoms with E-state index in [1.54, 1.807) is 6.07 Å². The van der Waals surface area contributed by atoms with E-state index in [1.807, 2.05) is 38.4 Å². The summed E-state index contributed by atoms with van der Waals surface area (Å²) in [6, 6.07) is 13.2.